The highest BCUT2D eigenvalue weighted by atomic mass is 16.1. The summed E-state index contributed by atoms with van der Waals surface area (Å²) in [6, 6.07) is 0. The molecule has 0 radical (unpaired) electrons. The fourth-order valence-corrected chi connectivity index (χ4v) is 4.58. The van der Waals surface area contributed by atoms with Gasteiger partial charge in [-0.2, -0.15) is 0 Å². The van der Waals surface area contributed by atoms with Crippen LogP contribution in [-0.2, 0) is 9.59 Å². The Labute approximate surface area is 127 Å². The van der Waals surface area contributed by atoms with Crippen LogP contribution in [0.25, 0.3) is 0 Å². The smallest absolute Gasteiger partial charge is 0.211 e. The van der Waals surface area contributed by atoms with Gasteiger partial charge in [0.1, 0.15) is 0 Å². The van der Waals surface area contributed by atoms with Crippen molar-refractivity contribution >= 4 is 12.2 Å². The van der Waals surface area contributed by atoms with Gasteiger partial charge in [0.05, 0.1) is 13.1 Å². The van der Waals surface area contributed by atoms with Crippen LogP contribution in [0.2, 0.25) is 0 Å². The quantitative estimate of drug-likeness (QED) is 0.549. The second-order valence-electron chi connectivity index (χ2n) is 7.11. The van der Waals surface area contributed by atoms with Gasteiger partial charge in [-0.25, -0.2) is 19.6 Å². The third kappa shape index (κ3) is 4.36. The van der Waals surface area contributed by atoms with E-state index in [9.17, 15) is 9.59 Å². The van der Waals surface area contributed by atoms with Crippen molar-refractivity contribution in [2.24, 2.45) is 20.8 Å². The molecule has 4 nitrogen and oxygen atoms in total. The minimum atomic E-state index is 0.130. The van der Waals surface area contributed by atoms with Gasteiger partial charge in [0.2, 0.25) is 12.2 Å². The predicted molar refractivity (Wildman–Crippen MR) is 81.6 cm³/mol. The zero-order valence-electron chi connectivity index (χ0n) is 12.9. The average Bonchev–Trinajstić information content (AvgIpc) is 2.53. The van der Waals surface area contributed by atoms with Gasteiger partial charge in [-0.1, -0.05) is 38.5 Å². The molecule has 2 saturated carbocycles. The highest BCUT2D eigenvalue weighted by Gasteiger charge is 2.42. The van der Waals surface area contributed by atoms with Crippen LogP contribution in [0, 0.1) is 10.8 Å². The lowest BCUT2D eigenvalue weighted by Gasteiger charge is -2.45. The summed E-state index contributed by atoms with van der Waals surface area (Å²) >= 11 is 0. The Morgan fingerprint density at radius 1 is 0.667 bits per heavy atom. The summed E-state index contributed by atoms with van der Waals surface area (Å²) in [4.78, 5) is 29.0. The molecule has 116 valence electrons. The van der Waals surface area contributed by atoms with Crippen LogP contribution in [0.3, 0.4) is 0 Å². The zero-order valence-corrected chi connectivity index (χ0v) is 12.9. The topological polar surface area (TPSA) is 58.9 Å². The summed E-state index contributed by atoms with van der Waals surface area (Å²) in [6.07, 6.45) is 16.5. The van der Waals surface area contributed by atoms with Crippen molar-refractivity contribution in [2.75, 3.05) is 13.1 Å². The molecule has 0 saturated heterocycles. The highest BCUT2D eigenvalue weighted by molar-refractivity contribution is 5.33. The van der Waals surface area contributed by atoms with Gasteiger partial charge in [0, 0.05) is 0 Å². The molecule has 2 rings (SSSR count). The average molecular weight is 290 g/mol. The van der Waals surface area contributed by atoms with Crippen LogP contribution >= 0.6 is 0 Å². The molecule has 0 N–H and O–H groups in total. The molecular weight excluding hydrogens is 264 g/mol. The Hall–Kier alpha value is -1.24. The fourth-order valence-electron chi connectivity index (χ4n) is 4.58. The molecule has 0 amide bonds. The number of aliphatic imine (C=N–C) groups is 2. The van der Waals surface area contributed by atoms with Crippen molar-refractivity contribution in [3.8, 4) is 0 Å². The Kier molecular flexibility index (Phi) is 5.90. The van der Waals surface area contributed by atoms with Crippen molar-refractivity contribution in [3.05, 3.63) is 0 Å². The van der Waals surface area contributed by atoms with E-state index in [1.54, 1.807) is 12.2 Å². The van der Waals surface area contributed by atoms with Gasteiger partial charge in [0.25, 0.3) is 0 Å². The summed E-state index contributed by atoms with van der Waals surface area (Å²) in [7, 11) is 0. The van der Waals surface area contributed by atoms with Crippen molar-refractivity contribution in [1.29, 1.82) is 0 Å². The van der Waals surface area contributed by atoms with Crippen molar-refractivity contribution in [3.63, 3.8) is 0 Å². The lowest BCUT2D eigenvalue weighted by atomic mass is 9.60. The monoisotopic (exact) mass is 290 g/mol. The first-order valence-corrected chi connectivity index (χ1v) is 8.32. The zero-order chi connectivity index (χ0) is 15.0. The van der Waals surface area contributed by atoms with Crippen LogP contribution in [0.4, 0.5) is 0 Å². The maximum atomic E-state index is 10.6. The van der Waals surface area contributed by atoms with E-state index < -0.39 is 0 Å². The maximum Gasteiger partial charge on any atom is 0.234 e. The highest BCUT2D eigenvalue weighted by Crippen LogP contribution is 2.50. The number of carbonyl (C=O) groups excluding carboxylic acids is 2. The lowest BCUT2D eigenvalue weighted by Crippen LogP contribution is -2.38. The van der Waals surface area contributed by atoms with Crippen molar-refractivity contribution in [2.45, 2.75) is 70.6 Å². The molecule has 2 aliphatic rings. The Morgan fingerprint density at radius 3 is 1.38 bits per heavy atom. The van der Waals surface area contributed by atoms with E-state index in [1.165, 1.54) is 38.5 Å². The Morgan fingerprint density at radius 2 is 1.05 bits per heavy atom. The van der Waals surface area contributed by atoms with E-state index in [-0.39, 0.29) is 10.8 Å². The molecule has 0 bridgehead atoms. The summed E-state index contributed by atoms with van der Waals surface area (Å²) in [6.45, 7) is 1.20. The standard InChI is InChI=1S/C17H26N2O2/c20-14-18-12-16(7-3-1-4-8-16)11-17(13-19-15-21)9-5-2-6-10-17/h1-13H2. The molecule has 0 unspecified atom stereocenters. The molecular formula is C17H26N2O2. The third-order valence-electron chi connectivity index (χ3n) is 5.54. The van der Waals surface area contributed by atoms with Crippen LogP contribution in [0.1, 0.15) is 70.6 Å². The van der Waals surface area contributed by atoms with Crippen molar-refractivity contribution < 1.29 is 9.59 Å². The van der Waals surface area contributed by atoms with E-state index in [0.29, 0.717) is 13.1 Å². The molecule has 0 heterocycles. The normalized spacial score (nSPS) is 23.6. The Bertz CT molecular complexity index is 382. The van der Waals surface area contributed by atoms with Gasteiger partial charge >= 0.3 is 0 Å². The number of hydrogen-bond donors (Lipinski definition) is 0. The summed E-state index contributed by atoms with van der Waals surface area (Å²) in [5, 5.41) is 0. The van der Waals surface area contributed by atoms with Gasteiger partial charge in [-0.05, 0) is 42.9 Å². The number of nitrogens with zero attached hydrogens (tertiary/aromatic N) is 2. The van der Waals surface area contributed by atoms with E-state index in [0.717, 1.165) is 32.1 Å². The van der Waals surface area contributed by atoms with Crippen LogP contribution in [0.15, 0.2) is 9.98 Å². The third-order valence-corrected chi connectivity index (χ3v) is 5.54. The predicted octanol–water partition coefficient (Wildman–Crippen LogP) is 3.95. The molecule has 0 aliphatic heterocycles. The van der Waals surface area contributed by atoms with Gasteiger partial charge in [-0.15, -0.1) is 0 Å². The number of rotatable bonds is 6. The molecule has 0 aromatic carbocycles. The minimum absolute atomic E-state index is 0.130. The number of hydrogen-bond acceptors (Lipinski definition) is 4. The van der Waals surface area contributed by atoms with E-state index in [2.05, 4.69) is 9.98 Å². The number of isocyanates is 2. The van der Waals surface area contributed by atoms with Crippen LogP contribution in [0.5, 0.6) is 0 Å². The van der Waals surface area contributed by atoms with Crippen molar-refractivity contribution in [1.82, 2.24) is 0 Å². The van der Waals surface area contributed by atoms with Crippen LogP contribution in [-0.4, -0.2) is 25.2 Å². The second-order valence-corrected chi connectivity index (χ2v) is 7.11. The SMILES string of the molecule is O=C=NCC1(CC2(CN=C=O)CCCCC2)CCCCC1. The Balaban J connectivity index is 2.17. The largest absolute Gasteiger partial charge is 0.234 e. The van der Waals surface area contributed by atoms with E-state index >= 15 is 0 Å². The second kappa shape index (κ2) is 7.68. The first kappa shape index (κ1) is 16.1. The van der Waals surface area contributed by atoms with E-state index in [1.807, 2.05) is 0 Å². The molecule has 2 aliphatic carbocycles. The van der Waals surface area contributed by atoms with Crippen LogP contribution < -0.4 is 0 Å². The molecule has 0 aromatic rings. The maximum absolute atomic E-state index is 10.6. The summed E-state index contributed by atoms with van der Waals surface area (Å²) in [5.41, 5.74) is 0.261. The first-order valence-electron chi connectivity index (χ1n) is 8.32. The molecule has 0 atom stereocenters. The molecule has 0 spiro atoms. The van der Waals surface area contributed by atoms with E-state index in [4.69, 9.17) is 0 Å². The van der Waals surface area contributed by atoms with Gasteiger partial charge in [0.15, 0.2) is 0 Å². The lowest BCUT2D eigenvalue weighted by molar-refractivity contribution is 0.0676. The summed E-state index contributed by atoms with van der Waals surface area (Å²) < 4.78 is 0. The molecule has 0 aromatic heterocycles. The fraction of sp³-hybridized carbons (Fsp3) is 0.882. The van der Waals surface area contributed by atoms with Gasteiger partial charge < -0.3 is 0 Å². The minimum Gasteiger partial charge on any atom is -0.211 e. The molecule has 4 heteroatoms. The molecule has 2 fully saturated rings. The van der Waals surface area contributed by atoms with Gasteiger partial charge in [-0.3, -0.25) is 0 Å². The summed E-state index contributed by atoms with van der Waals surface area (Å²) in [5.74, 6) is 0. The molecule has 21 heavy (non-hydrogen) atoms. The first-order chi connectivity index (χ1) is 10.2.